The topological polar surface area (TPSA) is 41.6 Å². The van der Waals surface area contributed by atoms with Crippen molar-refractivity contribution in [2.24, 2.45) is 0 Å². The molecule has 2 rings (SSSR count). The van der Waals surface area contributed by atoms with Crippen LogP contribution >= 0.6 is 35.6 Å². The lowest BCUT2D eigenvalue weighted by molar-refractivity contribution is -0.140. The zero-order valence-corrected chi connectivity index (χ0v) is 14.3. The molecule has 21 heavy (non-hydrogen) atoms. The van der Waals surface area contributed by atoms with Crippen LogP contribution in [-0.2, 0) is 4.79 Å². The molecule has 118 valence electrons. The Morgan fingerprint density at radius 3 is 2.57 bits per heavy atom. The van der Waals surface area contributed by atoms with Crippen LogP contribution in [0.2, 0.25) is 10.0 Å². The monoisotopic (exact) mass is 352 g/mol. The summed E-state index contributed by atoms with van der Waals surface area (Å²) in [6.07, 6.45) is -0.565. The first-order valence-electron chi connectivity index (χ1n) is 6.61. The molecule has 0 aromatic heterocycles. The Kier molecular flexibility index (Phi) is 7.07. The average molecular weight is 354 g/mol. The Labute approximate surface area is 141 Å². The van der Waals surface area contributed by atoms with Crippen LogP contribution in [0.5, 0.6) is 5.75 Å². The SMILES string of the molecule is CC(Oc1cc(Cl)cc(Cl)c1)C(=O)N1CCNC[C@@H]1C.Cl. The summed E-state index contributed by atoms with van der Waals surface area (Å²) in [6, 6.07) is 5.10. The Balaban J connectivity index is 0.00000220. The number of halogens is 3. The van der Waals surface area contributed by atoms with Crippen molar-refractivity contribution < 1.29 is 9.53 Å². The highest BCUT2D eigenvalue weighted by atomic mass is 35.5. The molecule has 2 atom stereocenters. The summed E-state index contributed by atoms with van der Waals surface area (Å²) in [4.78, 5) is 14.2. The number of nitrogens with one attached hydrogen (secondary N) is 1. The van der Waals surface area contributed by atoms with Gasteiger partial charge < -0.3 is 15.0 Å². The molecule has 1 saturated heterocycles. The third-order valence-corrected chi connectivity index (χ3v) is 3.72. The van der Waals surface area contributed by atoms with E-state index in [1.54, 1.807) is 25.1 Å². The van der Waals surface area contributed by atoms with Crippen molar-refractivity contribution in [2.45, 2.75) is 26.0 Å². The van der Waals surface area contributed by atoms with E-state index < -0.39 is 6.10 Å². The molecule has 0 bridgehead atoms. The van der Waals surface area contributed by atoms with E-state index in [0.29, 0.717) is 22.3 Å². The lowest BCUT2D eigenvalue weighted by Gasteiger charge is -2.35. The summed E-state index contributed by atoms with van der Waals surface area (Å²) in [5.41, 5.74) is 0. The standard InChI is InChI=1S/C14H18Cl2N2O2.ClH/c1-9-8-17-3-4-18(9)14(19)10(2)20-13-6-11(15)5-12(16)7-13;/h5-7,9-10,17H,3-4,8H2,1-2H3;1H/t9-,10?;/m0./s1. The van der Waals surface area contributed by atoms with Crippen LogP contribution in [0.15, 0.2) is 18.2 Å². The zero-order valence-electron chi connectivity index (χ0n) is 11.9. The van der Waals surface area contributed by atoms with E-state index >= 15 is 0 Å². The van der Waals surface area contributed by atoms with Crippen molar-refractivity contribution in [3.05, 3.63) is 28.2 Å². The average Bonchev–Trinajstić information content (AvgIpc) is 2.37. The van der Waals surface area contributed by atoms with Crippen molar-refractivity contribution in [1.82, 2.24) is 10.2 Å². The van der Waals surface area contributed by atoms with Gasteiger partial charge >= 0.3 is 0 Å². The fourth-order valence-electron chi connectivity index (χ4n) is 2.25. The highest BCUT2D eigenvalue weighted by Gasteiger charge is 2.27. The first-order valence-corrected chi connectivity index (χ1v) is 7.37. The largest absolute Gasteiger partial charge is 0.481 e. The summed E-state index contributed by atoms with van der Waals surface area (Å²) in [5, 5.41) is 4.23. The van der Waals surface area contributed by atoms with E-state index in [-0.39, 0.29) is 24.4 Å². The van der Waals surface area contributed by atoms with Crippen molar-refractivity contribution in [3.63, 3.8) is 0 Å². The molecule has 1 aromatic rings. The molecule has 1 amide bonds. The summed E-state index contributed by atoms with van der Waals surface area (Å²) in [5.74, 6) is 0.487. The van der Waals surface area contributed by atoms with Gasteiger partial charge in [0.2, 0.25) is 0 Å². The van der Waals surface area contributed by atoms with E-state index in [9.17, 15) is 4.79 Å². The van der Waals surface area contributed by atoms with Gasteiger partial charge in [-0.1, -0.05) is 23.2 Å². The molecule has 1 unspecified atom stereocenters. The van der Waals surface area contributed by atoms with Crippen molar-refractivity contribution >= 4 is 41.5 Å². The maximum atomic E-state index is 12.4. The lowest BCUT2D eigenvalue weighted by Crippen LogP contribution is -2.55. The van der Waals surface area contributed by atoms with Gasteiger partial charge in [0, 0.05) is 35.7 Å². The van der Waals surface area contributed by atoms with E-state index in [1.165, 1.54) is 0 Å². The first-order chi connectivity index (χ1) is 9.47. The van der Waals surface area contributed by atoms with Crippen LogP contribution in [0, 0.1) is 0 Å². The van der Waals surface area contributed by atoms with Crippen LogP contribution in [0.3, 0.4) is 0 Å². The molecule has 0 spiro atoms. The number of hydrogen-bond donors (Lipinski definition) is 1. The van der Waals surface area contributed by atoms with Gasteiger partial charge in [0.1, 0.15) is 5.75 Å². The van der Waals surface area contributed by atoms with Gasteiger partial charge in [0.05, 0.1) is 0 Å². The fourth-order valence-corrected chi connectivity index (χ4v) is 2.76. The van der Waals surface area contributed by atoms with Gasteiger partial charge in [-0.25, -0.2) is 0 Å². The Hall–Kier alpha value is -0.680. The number of amides is 1. The Morgan fingerprint density at radius 2 is 2.00 bits per heavy atom. The van der Waals surface area contributed by atoms with E-state index in [1.807, 2.05) is 11.8 Å². The third-order valence-electron chi connectivity index (χ3n) is 3.28. The molecular weight excluding hydrogens is 335 g/mol. The number of piperazine rings is 1. The minimum absolute atomic E-state index is 0. The molecule has 1 aromatic carbocycles. The minimum atomic E-state index is -0.565. The first kappa shape index (κ1) is 18.4. The summed E-state index contributed by atoms with van der Waals surface area (Å²) in [6.45, 7) is 6.08. The van der Waals surface area contributed by atoms with Crippen LogP contribution in [0.1, 0.15) is 13.8 Å². The van der Waals surface area contributed by atoms with Crippen LogP contribution < -0.4 is 10.1 Å². The normalized spacial score (nSPS) is 19.6. The van der Waals surface area contributed by atoms with E-state index in [4.69, 9.17) is 27.9 Å². The smallest absolute Gasteiger partial charge is 0.263 e. The molecule has 1 aliphatic rings. The summed E-state index contributed by atoms with van der Waals surface area (Å²) >= 11 is 11.8. The quantitative estimate of drug-likeness (QED) is 0.908. The van der Waals surface area contributed by atoms with Gasteiger partial charge in [-0.05, 0) is 32.0 Å². The number of benzene rings is 1. The molecule has 1 aliphatic heterocycles. The molecule has 1 N–H and O–H groups in total. The Morgan fingerprint density at radius 1 is 1.38 bits per heavy atom. The number of ether oxygens (including phenoxy) is 1. The number of nitrogens with zero attached hydrogens (tertiary/aromatic N) is 1. The fraction of sp³-hybridized carbons (Fsp3) is 0.500. The molecule has 0 saturated carbocycles. The van der Waals surface area contributed by atoms with Crippen LogP contribution in [0.25, 0.3) is 0 Å². The number of rotatable bonds is 3. The second-order valence-corrected chi connectivity index (χ2v) is 5.82. The molecule has 1 heterocycles. The van der Waals surface area contributed by atoms with Crippen LogP contribution in [0.4, 0.5) is 0 Å². The van der Waals surface area contributed by atoms with Gasteiger partial charge in [-0.15, -0.1) is 12.4 Å². The molecule has 1 fully saturated rings. The summed E-state index contributed by atoms with van der Waals surface area (Å²) in [7, 11) is 0. The number of hydrogen-bond acceptors (Lipinski definition) is 3. The predicted octanol–water partition coefficient (Wildman–Crippen LogP) is 3.00. The molecule has 7 heteroatoms. The zero-order chi connectivity index (χ0) is 14.7. The van der Waals surface area contributed by atoms with Gasteiger partial charge in [0.25, 0.3) is 5.91 Å². The summed E-state index contributed by atoms with van der Waals surface area (Å²) < 4.78 is 5.66. The third kappa shape index (κ3) is 4.92. The van der Waals surface area contributed by atoms with E-state index in [0.717, 1.165) is 13.1 Å². The molecule has 0 radical (unpaired) electrons. The molecule has 4 nitrogen and oxygen atoms in total. The second-order valence-electron chi connectivity index (χ2n) is 4.95. The number of carbonyl (C=O) groups is 1. The van der Waals surface area contributed by atoms with Gasteiger partial charge in [-0.3, -0.25) is 4.79 Å². The van der Waals surface area contributed by atoms with Crippen molar-refractivity contribution in [1.29, 1.82) is 0 Å². The highest BCUT2D eigenvalue weighted by molar-refractivity contribution is 6.34. The molecule has 0 aliphatic carbocycles. The predicted molar refractivity (Wildman–Crippen MR) is 87.8 cm³/mol. The second kappa shape index (κ2) is 8.08. The van der Waals surface area contributed by atoms with Crippen molar-refractivity contribution in [3.8, 4) is 5.75 Å². The maximum absolute atomic E-state index is 12.4. The van der Waals surface area contributed by atoms with Crippen LogP contribution in [-0.4, -0.2) is 42.6 Å². The number of carbonyl (C=O) groups excluding carboxylic acids is 1. The lowest BCUT2D eigenvalue weighted by atomic mass is 10.2. The maximum Gasteiger partial charge on any atom is 0.263 e. The van der Waals surface area contributed by atoms with Gasteiger partial charge in [0.15, 0.2) is 6.10 Å². The Bertz CT molecular complexity index is 479. The molecular formula is C14H19Cl3N2O2. The van der Waals surface area contributed by atoms with Crippen molar-refractivity contribution in [2.75, 3.05) is 19.6 Å². The van der Waals surface area contributed by atoms with E-state index in [2.05, 4.69) is 5.32 Å². The van der Waals surface area contributed by atoms with Gasteiger partial charge in [-0.2, -0.15) is 0 Å². The highest BCUT2D eigenvalue weighted by Crippen LogP contribution is 2.25. The minimum Gasteiger partial charge on any atom is -0.481 e.